The van der Waals surface area contributed by atoms with Crippen LogP contribution in [0.15, 0.2) is 30.5 Å². The number of para-hydroxylation sites is 2. The predicted octanol–water partition coefficient (Wildman–Crippen LogP) is 3.08. The molecule has 114 valence electrons. The molecule has 2 fully saturated rings. The normalized spacial score (nSPS) is 28.7. The summed E-state index contributed by atoms with van der Waals surface area (Å²) in [5, 5.41) is 0. The summed E-state index contributed by atoms with van der Waals surface area (Å²) < 4.78 is 0. The van der Waals surface area contributed by atoms with E-state index in [0.29, 0.717) is 17.8 Å². The molecule has 2 unspecified atom stereocenters. The molecule has 1 aromatic heterocycles. The summed E-state index contributed by atoms with van der Waals surface area (Å²) in [4.78, 5) is 24.3. The Labute approximate surface area is 130 Å². The van der Waals surface area contributed by atoms with E-state index in [1.807, 2.05) is 24.3 Å². The average molecular weight is 295 g/mol. The Hall–Kier alpha value is -1.81. The zero-order valence-corrected chi connectivity index (χ0v) is 12.9. The van der Waals surface area contributed by atoms with Crippen molar-refractivity contribution in [3.8, 4) is 0 Å². The van der Waals surface area contributed by atoms with Gasteiger partial charge in [-0.25, -0.2) is 4.98 Å². The maximum atomic E-state index is 12.9. The summed E-state index contributed by atoms with van der Waals surface area (Å²) in [7, 11) is 2.21. The van der Waals surface area contributed by atoms with Crippen molar-refractivity contribution >= 4 is 16.8 Å². The molecule has 4 heteroatoms. The lowest BCUT2D eigenvalue weighted by atomic mass is 9.76. The molecule has 22 heavy (non-hydrogen) atoms. The first-order chi connectivity index (χ1) is 10.7. The zero-order valence-electron chi connectivity index (χ0n) is 12.9. The van der Waals surface area contributed by atoms with Gasteiger partial charge in [0.25, 0.3) is 0 Å². The Morgan fingerprint density at radius 2 is 1.82 bits per heavy atom. The smallest absolute Gasteiger partial charge is 0.185 e. The van der Waals surface area contributed by atoms with Gasteiger partial charge in [-0.05, 0) is 44.9 Å². The van der Waals surface area contributed by atoms with E-state index in [2.05, 4.69) is 21.9 Å². The van der Waals surface area contributed by atoms with Gasteiger partial charge in [0.15, 0.2) is 5.78 Å². The van der Waals surface area contributed by atoms with Crippen LogP contribution in [0.2, 0.25) is 0 Å². The highest BCUT2D eigenvalue weighted by Gasteiger charge is 2.39. The fourth-order valence-electron chi connectivity index (χ4n) is 4.11. The monoisotopic (exact) mass is 295 g/mol. The number of carbonyl (C=O) groups excluding carboxylic acids is 1. The van der Waals surface area contributed by atoms with Gasteiger partial charge in [-0.15, -0.1) is 0 Å². The maximum absolute atomic E-state index is 12.9. The molecule has 3 heterocycles. The van der Waals surface area contributed by atoms with Crippen LogP contribution >= 0.6 is 0 Å². The Morgan fingerprint density at radius 1 is 1.14 bits per heavy atom. The molecule has 2 saturated heterocycles. The zero-order chi connectivity index (χ0) is 15.1. The van der Waals surface area contributed by atoms with Crippen molar-refractivity contribution in [1.29, 1.82) is 0 Å². The lowest BCUT2D eigenvalue weighted by molar-refractivity contribution is 0.0336. The number of Topliss-reactive ketones (excluding diaryl/α,β-unsaturated/α-hetero) is 1. The van der Waals surface area contributed by atoms with Crippen molar-refractivity contribution in [1.82, 2.24) is 14.9 Å². The molecule has 2 aliphatic rings. The molecule has 4 rings (SSSR count). The van der Waals surface area contributed by atoms with E-state index in [1.54, 1.807) is 6.20 Å². The van der Waals surface area contributed by atoms with Crippen molar-refractivity contribution in [3.05, 3.63) is 36.2 Å². The molecule has 0 amide bonds. The Kier molecular flexibility index (Phi) is 3.41. The first-order valence-corrected chi connectivity index (χ1v) is 8.20. The molecule has 2 aromatic rings. The van der Waals surface area contributed by atoms with Crippen molar-refractivity contribution in [3.63, 3.8) is 0 Å². The Morgan fingerprint density at radius 3 is 2.55 bits per heavy atom. The van der Waals surface area contributed by atoms with Gasteiger partial charge in [-0.2, -0.15) is 0 Å². The number of fused-ring (bicyclic) bond motifs is 3. The number of ketones is 1. The third kappa shape index (κ3) is 2.31. The largest absolute Gasteiger partial charge is 0.300 e. The van der Waals surface area contributed by atoms with Crippen molar-refractivity contribution in [2.45, 2.75) is 44.2 Å². The highest BCUT2D eigenvalue weighted by molar-refractivity contribution is 5.97. The average Bonchev–Trinajstić information content (AvgIpc) is 2.53. The summed E-state index contributed by atoms with van der Waals surface area (Å²) in [5.74, 6) is 0.296. The van der Waals surface area contributed by atoms with Crippen LogP contribution in [0, 0.1) is 5.92 Å². The van der Waals surface area contributed by atoms with E-state index in [9.17, 15) is 4.79 Å². The lowest BCUT2D eigenvalue weighted by Gasteiger charge is -2.46. The number of hydrogen-bond acceptors (Lipinski definition) is 4. The standard InChI is InChI=1S/C18H21N3O/c1-21-13-5-4-6-14(21)10-12(9-13)18(22)17-11-19-15-7-2-3-8-16(15)20-17/h2-3,7-8,11-14H,4-6,9-10H2,1H3. The predicted molar refractivity (Wildman–Crippen MR) is 85.8 cm³/mol. The van der Waals surface area contributed by atoms with Gasteiger partial charge in [0.05, 0.1) is 17.2 Å². The number of hydrogen-bond donors (Lipinski definition) is 0. The molecule has 0 aliphatic carbocycles. The molecule has 0 spiro atoms. The summed E-state index contributed by atoms with van der Waals surface area (Å²) in [6, 6.07) is 8.85. The molecular weight excluding hydrogens is 274 g/mol. The van der Waals surface area contributed by atoms with Crippen LogP contribution in [0.25, 0.3) is 11.0 Å². The Balaban J connectivity index is 1.60. The second kappa shape index (κ2) is 5.43. The number of nitrogens with zero attached hydrogens (tertiary/aromatic N) is 3. The molecule has 2 bridgehead atoms. The van der Waals surface area contributed by atoms with E-state index in [1.165, 1.54) is 19.3 Å². The highest BCUT2D eigenvalue weighted by atomic mass is 16.1. The summed E-state index contributed by atoms with van der Waals surface area (Å²) >= 11 is 0. The fraction of sp³-hybridized carbons (Fsp3) is 0.500. The van der Waals surface area contributed by atoms with E-state index >= 15 is 0 Å². The van der Waals surface area contributed by atoms with Gasteiger partial charge in [-0.3, -0.25) is 9.78 Å². The minimum absolute atomic E-state index is 0.113. The number of carbonyl (C=O) groups is 1. The molecule has 0 radical (unpaired) electrons. The third-order valence-corrected chi connectivity index (χ3v) is 5.41. The summed E-state index contributed by atoms with van der Waals surface area (Å²) in [6.07, 6.45) is 7.34. The van der Waals surface area contributed by atoms with Crippen molar-refractivity contribution < 1.29 is 4.79 Å². The summed E-state index contributed by atoms with van der Waals surface area (Å²) in [6.45, 7) is 0. The maximum Gasteiger partial charge on any atom is 0.185 e. The van der Waals surface area contributed by atoms with E-state index in [-0.39, 0.29) is 11.7 Å². The van der Waals surface area contributed by atoms with Gasteiger partial charge in [0.2, 0.25) is 0 Å². The first-order valence-electron chi connectivity index (χ1n) is 8.20. The van der Waals surface area contributed by atoms with Crippen LogP contribution in [0.5, 0.6) is 0 Å². The first kappa shape index (κ1) is 13.8. The summed E-state index contributed by atoms with van der Waals surface area (Å²) in [5.41, 5.74) is 2.19. The van der Waals surface area contributed by atoms with Crippen LogP contribution in [0.4, 0.5) is 0 Å². The van der Waals surface area contributed by atoms with Crippen LogP contribution in [0.3, 0.4) is 0 Å². The van der Waals surface area contributed by atoms with E-state index in [0.717, 1.165) is 23.9 Å². The van der Waals surface area contributed by atoms with Gasteiger partial charge in [0, 0.05) is 18.0 Å². The van der Waals surface area contributed by atoms with Crippen LogP contribution < -0.4 is 0 Å². The molecule has 0 N–H and O–H groups in total. The number of benzene rings is 1. The SMILES string of the molecule is CN1C2CCCC1CC(C(=O)c1cnc3ccccc3n1)C2. The minimum Gasteiger partial charge on any atom is -0.300 e. The molecular formula is C18H21N3O. The van der Waals surface area contributed by atoms with Crippen LogP contribution in [0.1, 0.15) is 42.6 Å². The van der Waals surface area contributed by atoms with Gasteiger partial charge in [-0.1, -0.05) is 18.6 Å². The number of aromatic nitrogens is 2. The minimum atomic E-state index is 0.113. The molecule has 1 aromatic carbocycles. The third-order valence-electron chi connectivity index (χ3n) is 5.41. The fourth-order valence-corrected chi connectivity index (χ4v) is 4.11. The Bertz CT molecular complexity index is 700. The molecule has 2 atom stereocenters. The number of rotatable bonds is 2. The quantitative estimate of drug-likeness (QED) is 0.799. The molecule has 4 nitrogen and oxygen atoms in total. The highest BCUT2D eigenvalue weighted by Crippen LogP contribution is 2.37. The van der Waals surface area contributed by atoms with Crippen LogP contribution in [-0.4, -0.2) is 39.8 Å². The van der Waals surface area contributed by atoms with E-state index < -0.39 is 0 Å². The van der Waals surface area contributed by atoms with E-state index in [4.69, 9.17) is 0 Å². The second-order valence-electron chi connectivity index (χ2n) is 6.68. The number of piperidine rings is 2. The second-order valence-corrected chi connectivity index (χ2v) is 6.68. The van der Waals surface area contributed by atoms with Crippen LogP contribution in [-0.2, 0) is 0 Å². The lowest BCUT2D eigenvalue weighted by Crippen LogP contribution is -2.51. The molecule has 0 saturated carbocycles. The van der Waals surface area contributed by atoms with Gasteiger partial charge >= 0.3 is 0 Å². The van der Waals surface area contributed by atoms with Crippen molar-refractivity contribution in [2.75, 3.05) is 7.05 Å². The van der Waals surface area contributed by atoms with Gasteiger partial charge < -0.3 is 4.90 Å². The topological polar surface area (TPSA) is 46.1 Å². The van der Waals surface area contributed by atoms with Crippen molar-refractivity contribution in [2.24, 2.45) is 5.92 Å². The van der Waals surface area contributed by atoms with Gasteiger partial charge in [0.1, 0.15) is 5.69 Å². The molecule has 2 aliphatic heterocycles.